The standard InChI is InChI=1S/C9H9N3O2.C5H12O/c13-6-12-8(5-11-9(12)14)7-1-3-10-4-2-7;1-5(2,3)6-4/h1-4,6,8H,5H2,(H,11,14);1-4H3. The first-order chi connectivity index (χ1) is 9.39. The fourth-order valence-electron chi connectivity index (χ4n) is 1.50. The maximum atomic E-state index is 11.2. The zero-order valence-corrected chi connectivity index (χ0v) is 12.3. The number of aromatic nitrogens is 1. The second-order valence-electron chi connectivity index (χ2n) is 5.31. The van der Waals surface area contributed by atoms with Gasteiger partial charge in [-0.05, 0) is 38.5 Å². The van der Waals surface area contributed by atoms with Gasteiger partial charge in [0, 0.05) is 26.0 Å². The summed E-state index contributed by atoms with van der Waals surface area (Å²) in [6, 6.07) is 3.04. The van der Waals surface area contributed by atoms with Gasteiger partial charge in [0.05, 0.1) is 11.6 Å². The minimum Gasteiger partial charge on any atom is -0.379 e. The maximum Gasteiger partial charge on any atom is 0.324 e. The fraction of sp³-hybridized carbons (Fsp3) is 0.500. The number of methoxy groups -OCH3 is 1. The van der Waals surface area contributed by atoms with Crippen molar-refractivity contribution in [1.82, 2.24) is 15.2 Å². The SMILES string of the molecule is COC(C)(C)C.O=CN1C(=O)NCC1c1ccncc1. The molecule has 3 amide bonds. The highest BCUT2D eigenvalue weighted by molar-refractivity contribution is 5.87. The van der Waals surface area contributed by atoms with E-state index in [1.165, 1.54) is 0 Å². The number of hydrogen-bond acceptors (Lipinski definition) is 4. The molecule has 0 bridgehead atoms. The number of nitrogens with one attached hydrogen (secondary N) is 1. The lowest BCUT2D eigenvalue weighted by atomic mass is 10.1. The zero-order valence-electron chi connectivity index (χ0n) is 12.3. The van der Waals surface area contributed by atoms with E-state index in [1.54, 1.807) is 31.6 Å². The number of nitrogens with zero attached hydrogens (tertiary/aromatic N) is 2. The number of carbonyl (C=O) groups is 2. The average molecular weight is 279 g/mol. The second-order valence-corrected chi connectivity index (χ2v) is 5.31. The van der Waals surface area contributed by atoms with Crippen molar-refractivity contribution in [3.8, 4) is 0 Å². The highest BCUT2D eigenvalue weighted by Gasteiger charge is 2.31. The number of imide groups is 1. The molecule has 110 valence electrons. The molecule has 1 N–H and O–H groups in total. The molecule has 6 heteroatoms. The first kappa shape index (κ1) is 16.1. The molecule has 6 nitrogen and oxygen atoms in total. The van der Waals surface area contributed by atoms with Crippen LogP contribution in [-0.4, -0.2) is 41.6 Å². The van der Waals surface area contributed by atoms with Crippen LogP contribution >= 0.6 is 0 Å². The van der Waals surface area contributed by atoms with Crippen LogP contribution in [0.25, 0.3) is 0 Å². The predicted molar refractivity (Wildman–Crippen MR) is 75.0 cm³/mol. The number of urea groups is 1. The Morgan fingerprint density at radius 3 is 2.40 bits per heavy atom. The van der Waals surface area contributed by atoms with Crippen LogP contribution in [-0.2, 0) is 9.53 Å². The summed E-state index contributed by atoms with van der Waals surface area (Å²) in [4.78, 5) is 26.8. The van der Waals surface area contributed by atoms with Crippen molar-refractivity contribution in [2.75, 3.05) is 13.7 Å². The number of rotatable bonds is 2. The lowest BCUT2D eigenvalue weighted by molar-refractivity contribution is -0.116. The van der Waals surface area contributed by atoms with Gasteiger partial charge in [-0.25, -0.2) is 4.79 Å². The lowest BCUT2D eigenvalue weighted by Gasteiger charge is -2.15. The molecule has 1 aliphatic heterocycles. The maximum absolute atomic E-state index is 11.2. The Hall–Kier alpha value is -1.95. The molecular formula is C14H21N3O3. The zero-order chi connectivity index (χ0) is 15.2. The van der Waals surface area contributed by atoms with Crippen molar-refractivity contribution in [3.05, 3.63) is 30.1 Å². The molecule has 0 saturated carbocycles. The molecule has 2 rings (SSSR count). The third-order valence-electron chi connectivity index (χ3n) is 2.83. The molecule has 20 heavy (non-hydrogen) atoms. The monoisotopic (exact) mass is 279 g/mol. The predicted octanol–water partition coefficient (Wildman–Crippen LogP) is 1.74. The summed E-state index contributed by atoms with van der Waals surface area (Å²) in [6.07, 6.45) is 3.83. The van der Waals surface area contributed by atoms with Crippen LogP contribution in [0.3, 0.4) is 0 Å². The van der Waals surface area contributed by atoms with Crippen LogP contribution in [0.15, 0.2) is 24.5 Å². The quantitative estimate of drug-likeness (QED) is 0.837. The van der Waals surface area contributed by atoms with Gasteiger partial charge in [0.1, 0.15) is 0 Å². The molecule has 0 radical (unpaired) electrons. The van der Waals surface area contributed by atoms with Crippen LogP contribution in [0.2, 0.25) is 0 Å². The number of ether oxygens (including phenoxy) is 1. The van der Waals surface area contributed by atoms with E-state index in [4.69, 9.17) is 4.74 Å². The van der Waals surface area contributed by atoms with E-state index in [9.17, 15) is 9.59 Å². The minimum absolute atomic E-state index is 0.0417. The van der Waals surface area contributed by atoms with E-state index in [0.29, 0.717) is 13.0 Å². The van der Waals surface area contributed by atoms with Gasteiger partial charge in [-0.2, -0.15) is 0 Å². The van der Waals surface area contributed by atoms with Crippen LogP contribution in [0, 0.1) is 0 Å². The van der Waals surface area contributed by atoms with Gasteiger partial charge < -0.3 is 10.1 Å². The van der Waals surface area contributed by atoms with Crippen molar-refractivity contribution < 1.29 is 14.3 Å². The molecule has 1 unspecified atom stereocenters. The molecule has 1 aromatic rings. The molecule has 1 aromatic heterocycles. The van der Waals surface area contributed by atoms with Gasteiger partial charge in [0.15, 0.2) is 0 Å². The summed E-state index contributed by atoms with van der Waals surface area (Å²) in [5.74, 6) is 0. The third kappa shape index (κ3) is 4.62. The fourth-order valence-corrected chi connectivity index (χ4v) is 1.50. The number of amides is 3. The van der Waals surface area contributed by atoms with Crippen LogP contribution < -0.4 is 5.32 Å². The van der Waals surface area contributed by atoms with E-state index < -0.39 is 0 Å². The molecule has 1 fully saturated rings. The lowest BCUT2D eigenvalue weighted by Crippen LogP contribution is -2.28. The van der Waals surface area contributed by atoms with Gasteiger partial charge in [-0.15, -0.1) is 0 Å². The largest absolute Gasteiger partial charge is 0.379 e. The minimum atomic E-state index is -0.346. The normalized spacial score (nSPS) is 18.1. The third-order valence-corrected chi connectivity index (χ3v) is 2.83. The molecule has 0 spiro atoms. The van der Waals surface area contributed by atoms with E-state index in [-0.39, 0.29) is 17.7 Å². The Balaban J connectivity index is 0.000000286. The van der Waals surface area contributed by atoms with Gasteiger partial charge in [-0.3, -0.25) is 14.7 Å². The Labute approximate surface area is 119 Å². The van der Waals surface area contributed by atoms with Crippen LogP contribution in [0.5, 0.6) is 0 Å². The number of pyridine rings is 1. The van der Waals surface area contributed by atoms with Crippen molar-refractivity contribution >= 4 is 12.4 Å². The van der Waals surface area contributed by atoms with Gasteiger partial charge >= 0.3 is 6.03 Å². The average Bonchev–Trinajstić information content (AvgIpc) is 2.80. The molecule has 2 heterocycles. The summed E-state index contributed by atoms with van der Waals surface area (Å²) in [7, 11) is 1.71. The summed E-state index contributed by atoms with van der Waals surface area (Å²) in [5.41, 5.74) is 0.949. The van der Waals surface area contributed by atoms with Crippen molar-refractivity contribution in [3.63, 3.8) is 0 Å². The van der Waals surface area contributed by atoms with Crippen LogP contribution in [0.4, 0.5) is 4.79 Å². The van der Waals surface area contributed by atoms with Gasteiger partial charge in [0.25, 0.3) is 0 Å². The van der Waals surface area contributed by atoms with E-state index in [1.807, 2.05) is 20.8 Å². The van der Waals surface area contributed by atoms with Crippen molar-refractivity contribution in [1.29, 1.82) is 0 Å². The van der Waals surface area contributed by atoms with Crippen LogP contribution in [0.1, 0.15) is 32.4 Å². The Morgan fingerprint density at radius 2 is 1.95 bits per heavy atom. The number of hydrogen-bond donors (Lipinski definition) is 1. The highest BCUT2D eigenvalue weighted by atomic mass is 16.5. The Bertz CT molecular complexity index is 443. The molecule has 1 saturated heterocycles. The van der Waals surface area contributed by atoms with E-state index >= 15 is 0 Å². The molecular weight excluding hydrogens is 258 g/mol. The van der Waals surface area contributed by atoms with Crippen molar-refractivity contribution in [2.24, 2.45) is 0 Å². The van der Waals surface area contributed by atoms with E-state index in [2.05, 4.69) is 10.3 Å². The molecule has 1 atom stereocenters. The molecule has 0 aliphatic carbocycles. The first-order valence-electron chi connectivity index (χ1n) is 6.35. The smallest absolute Gasteiger partial charge is 0.324 e. The summed E-state index contributed by atoms with van der Waals surface area (Å²) < 4.78 is 4.94. The highest BCUT2D eigenvalue weighted by Crippen LogP contribution is 2.21. The summed E-state index contributed by atoms with van der Waals surface area (Å²) >= 11 is 0. The summed E-state index contributed by atoms with van der Waals surface area (Å²) in [5, 5.41) is 2.60. The summed E-state index contributed by atoms with van der Waals surface area (Å²) in [6.45, 7) is 6.52. The second kappa shape index (κ2) is 7.00. The molecule has 1 aliphatic rings. The first-order valence-corrected chi connectivity index (χ1v) is 6.35. The molecule has 0 aromatic carbocycles. The van der Waals surface area contributed by atoms with Gasteiger partial charge in [-0.1, -0.05) is 0 Å². The number of carbonyl (C=O) groups excluding carboxylic acids is 2. The van der Waals surface area contributed by atoms with Crippen molar-refractivity contribution in [2.45, 2.75) is 32.4 Å². The Kier molecular flexibility index (Phi) is 5.64. The van der Waals surface area contributed by atoms with Gasteiger partial charge in [0.2, 0.25) is 6.41 Å². The Morgan fingerprint density at radius 1 is 1.40 bits per heavy atom. The van der Waals surface area contributed by atoms with E-state index in [0.717, 1.165) is 10.5 Å². The topological polar surface area (TPSA) is 71.5 Å².